The summed E-state index contributed by atoms with van der Waals surface area (Å²) in [7, 11) is 1.88. The molecule has 0 aromatic carbocycles. The molecule has 158 valence electrons. The summed E-state index contributed by atoms with van der Waals surface area (Å²) in [6.45, 7) is 0. The number of nitrogens with zero attached hydrogens (tertiary/aromatic N) is 8. The topological polar surface area (TPSA) is 136 Å². The van der Waals surface area contributed by atoms with Gasteiger partial charge < -0.3 is 15.6 Å². The van der Waals surface area contributed by atoms with Crippen LogP contribution in [0.4, 0.5) is 5.82 Å². The Morgan fingerprint density at radius 1 is 1.19 bits per heavy atom. The predicted octanol–water partition coefficient (Wildman–Crippen LogP) is 1.38. The van der Waals surface area contributed by atoms with Gasteiger partial charge in [-0.2, -0.15) is 14.7 Å². The highest BCUT2D eigenvalue weighted by molar-refractivity contribution is 5.91. The van der Waals surface area contributed by atoms with Gasteiger partial charge in [-0.3, -0.25) is 9.48 Å². The molecular weight excluding hydrogens is 396 g/mol. The van der Waals surface area contributed by atoms with Gasteiger partial charge in [-0.1, -0.05) is 0 Å². The van der Waals surface area contributed by atoms with E-state index in [4.69, 9.17) is 10.7 Å². The van der Waals surface area contributed by atoms with Crippen molar-refractivity contribution in [3.05, 3.63) is 42.5 Å². The second kappa shape index (κ2) is 6.62. The number of carbonyl (C=O) groups excluding carboxylic acids is 1. The van der Waals surface area contributed by atoms with Gasteiger partial charge in [-0.25, -0.2) is 4.98 Å². The Balaban J connectivity index is 1.33. The number of hydrogen-bond donors (Lipinski definition) is 2. The fourth-order valence-electron chi connectivity index (χ4n) is 5.16. The van der Waals surface area contributed by atoms with Gasteiger partial charge in [-0.15, -0.1) is 10.2 Å². The van der Waals surface area contributed by atoms with Crippen LogP contribution in [-0.2, 0) is 7.05 Å². The fourth-order valence-corrected chi connectivity index (χ4v) is 5.16. The number of hydrogen-bond acceptors (Lipinski definition) is 7. The van der Waals surface area contributed by atoms with Crippen LogP contribution in [0.1, 0.15) is 47.9 Å². The largest absolute Gasteiger partial charge is 0.384 e. The molecular formula is C20H22N10O. The Hall–Kier alpha value is -3.76. The maximum Gasteiger partial charge on any atom is 0.292 e. The summed E-state index contributed by atoms with van der Waals surface area (Å²) < 4.78 is 3.42. The number of piperidine rings is 1. The lowest BCUT2D eigenvalue weighted by Crippen LogP contribution is -2.46. The average Bonchev–Trinajstić information content (AvgIpc) is 3.54. The fraction of sp³-hybridized carbons (Fsp3) is 0.400. The molecule has 0 aliphatic carbocycles. The monoisotopic (exact) mass is 418 g/mol. The Morgan fingerprint density at radius 3 is 2.68 bits per heavy atom. The van der Waals surface area contributed by atoms with Gasteiger partial charge in [0, 0.05) is 54.1 Å². The Bertz CT molecular complexity index is 1260. The Labute approximate surface area is 177 Å². The molecule has 11 heteroatoms. The van der Waals surface area contributed by atoms with E-state index in [2.05, 4.69) is 25.4 Å². The molecule has 2 fully saturated rings. The van der Waals surface area contributed by atoms with Crippen LogP contribution in [0.2, 0.25) is 0 Å². The van der Waals surface area contributed by atoms with Crippen molar-refractivity contribution in [3.63, 3.8) is 0 Å². The lowest BCUT2D eigenvalue weighted by molar-refractivity contribution is 0.0557. The van der Waals surface area contributed by atoms with E-state index >= 15 is 0 Å². The number of rotatable bonds is 3. The second-order valence-corrected chi connectivity index (χ2v) is 8.41. The number of anilines is 1. The molecule has 6 rings (SSSR count). The number of amides is 1. The highest BCUT2D eigenvalue weighted by Gasteiger charge is 2.45. The number of aryl methyl sites for hydroxylation is 1. The van der Waals surface area contributed by atoms with Gasteiger partial charge in [-0.05, 0) is 25.7 Å². The van der Waals surface area contributed by atoms with E-state index in [-0.39, 0.29) is 23.9 Å². The van der Waals surface area contributed by atoms with E-state index < -0.39 is 0 Å². The summed E-state index contributed by atoms with van der Waals surface area (Å²) in [4.78, 5) is 22.7. The normalized spacial score (nSPS) is 23.0. The van der Waals surface area contributed by atoms with Crippen LogP contribution in [-0.4, -0.2) is 62.5 Å². The molecule has 11 nitrogen and oxygen atoms in total. The van der Waals surface area contributed by atoms with Gasteiger partial charge in [0.2, 0.25) is 5.82 Å². The molecule has 3 N–H and O–H groups in total. The summed E-state index contributed by atoms with van der Waals surface area (Å²) in [5.41, 5.74) is 9.89. The molecule has 0 spiro atoms. The van der Waals surface area contributed by atoms with Crippen molar-refractivity contribution in [3.8, 4) is 11.1 Å². The van der Waals surface area contributed by atoms with Crippen LogP contribution in [0, 0.1) is 0 Å². The number of nitrogens with two attached hydrogens (primary N) is 1. The van der Waals surface area contributed by atoms with Gasteiger partial charge >= 0.3 is 0 Å². The van der Waals surface area contributed by atoms with E-state index in [1.54, 1.807) is 21.6 Å². The SMILES string of the molecule is Cn1cc(-c2cnn3c(N)cc([C@@H]4C[C@H]5CC[C@@H](C4)N5C(=O)c4nnc[nH]4)nc23)cn1. The molecule has 2 saturated heterocycles. The first kappa shape index (κ1) is 18.0. The van der Waals surface area contributed by atoms with Crippen molar-refractivity contribution < 1.29 is 4.79 Å². The number of nitrogens with one attached hydrogen (secondary N) is 1. The quantitative estimate of drug-likeness (QED) is 0.513. The van der Waals surface area contributed by atoms with Gasteiger partial charge in [0.25, 0.3) is 5.91 Å². The number of H-pyrrole nitrogens is 1. The maximum absolute atomic E-state index is 12.9. The third-order valence-corrected chi connectivity index (χ3v) is 6.54. The minimum absolute atomic E-state index is 0.0685. The molecule has 3 atom stereocenters. The standard InChI is InChI=1S/C20H22N10O/c1-28-9-12(7-24-28)15-8-25-30-17(21)6-16(26-19(15)30)11-4-13-2-3-14(5-11)29(13)20(31)18-22-10-23-27-18/h6-11,13-14H,2-5,21H2,1H3,(H,22,23,27)/t11-,13-,14+. The van der Waals surface area contributed by atoms with E-state index in [0.29, 0.717) is 11.6 Å². The Morgan fingerprint density at radius 2 is 2.00 bits per heavy atom. The molecule has 1 amide bonds. The zero-order valence-electron chi connectivity index (χ0n) is 17.0. The van der Waals surface area contributed by atoms with Crippen LogP contribution in [0.3, 0.4) is 0 Å². The van der Waals surface area contributed by atoms with Crippen molar-refractivity contribution in [2.24, 2.45) is 7.05 Å². The first-order chi connectivity index (χ1) is 15.1. The summed E-state index contributed by atoms with van der Waals surface area (Å²) in [6, 6.07) is 2.26. The van der Waals surface area contributed by atoms with E-state index in [9.17, 15) is 4.79 Å². The molecule has 2 aliphatic heterocycles. The van der Waals surface area contributed by atoms with Crippen molar-refractivity contribution in [2.45, 2.75) is 43.7 Å². The summed E-state index contributed by atoms with van der Waals surface area (Å²) in [5.74, 6) is 1.03. The molecule has 6 heterocycles. The van der Waals surface area contributed by atoms with E-state index in [1.165, 1.54) is 6.33 Å². The first-order valence-corrected chi connectivity index (χ1v) is 10.4. The molecule has 4 aromatic rings. The predicted molar refractivity (Wildman–Crippen MR) is 111 cm³/mol. The smallest absolute Gasteiger partial charge is 0.292 e. The van der Waals surface area contributed by atoms with Crippen LogP contribution in [0.5, 0.6) is 0 Å². The van der Waals surface area contributed by atoms with Crippen molar-refractivity contribution >= 4 is 17.4 Å². The molecule has 0 unspecified atom stereocenters. The number of fused-ring (bicyclic) bond motifs is 3. The lowest BCUT2D eigenvalue weighted by atomic mass is 9.87. The van der Waals surface area contributed by atoms with Crippen molar-refractivity contribution in [1.29, 1.82) is 0 Å². The highest BCUT2D eigenvalue weighted by Crippen LogP contribution is 2.43. The van der Waals surface area contributed by atoms with Crippen LogP contribution in [0.25, 0.3) is 16.8 Å². The summed E-state index contributed by atoms with van der Waals surface area (Å²) in [5, 5.41) is 16.3. The molecule has 0 radical (unpaired) electrons. The Kier molecular flexibility index (Phi) is 3.86. The number of aromatic amines is 1. The van der Waals surface area contributed by atoms with Gasteiger partial charge in [0.15, 0.2) is 5.65 Å². The first-order valence-electron chi connectivity index (χ1n) is 10.4. The molecule has 2 aliphatic rings. The third-order valence-electron chi connectivity index (χ3n) is 6.54. The average molecular weight is 418 g/mol. The van der Waals surface area contributed by atoms with E-state index in [0.717, 1.165) is 48.2 Å². The van der Waals surface area contributed by atoms with Crippen LogP contribution >= 0.6 is 0 Å². The summed E-state index contributed by atoms with van der Waals surface area (Å²) in [6.07, 6.45) is 10.7. The maximum atomic E-state index is 12.9. The number of nitrogen functional groups attached to an aromatic ring is 1. The van der Waals surface area contributed by atoms with Crippen LogP contribution in [0.15, 0.2) is 31.0 Å². The molecule has 0 saturated carbocycles. The minimum atomic E-state index is -0.0685. The van der Waals surface area contributed by atoms with Gasteiger partial charge in [0.1, 0.15) is 12.1 Å². The summed E-state index contributed by atoms with van der Waals surface area (Å²) >= 11 is 0. The van der Waals surface area contributed by atoms with Crippen molar-refractivity contribution in [1.82, 2.24) is 44.5 Å². The second-order valence-electron chi connectivity index (χ2n) is 8.41. The zero-order chi connectivity index (χ0) is 21.1. The molecule has 2 bridgehead atoms. The van der Waals surface area contributed by atoms with E-state index in [1.807, 2.05) is 24.2 Å². The molecule has 31 heavy (non-hydrogen) atoms. The number of carbonyl (C=O) groups is 1. The third kappa shape index (κ3) is 2.80. The molecule has 4 aromatic heterocycles. The number of aromatic nitrogens is 8. The zero-order valence-corrected chi connectivity index (χ0v) is 17.0. The van der Waals surface area contributed by atoms with Crippen molar-refractivity contribution in [2.75, 3.05) is 5.73 Å². The minimum Gasteiger partial charge on any atom is -0.384 e. The van der Waals surface area contributed by atoms with Crippen LogP contribution < -0.4 is 5.73 Å². The van der Waals surface area contributed by atoms with Gasteiger partial charge in [0.05, 0.1) is 12.4 Å². The lowest BCUT2D eigenvalue weighted by Gasteiger charge is -2.38. The highest BCUT2D eigenvalue weighted by atomic mass is 16.2.